The van der Waals surface area contributed by atoms with Gasteiger partial charge in [-0.25, -0.2) is 0 Å². The van der Waals surface area contributed by atoms with Gasteiger partial charge in [0.25, 0.3) is 0 Å². The summed E-state index contributed by atoms with van der Waals surface area (Å²) in [4.78, 5) is 27.3. The molecule has 30 heavy (non-hydrogen) atoms. The Kier molecular flexibility index (Phi) is 6.12. The van der Waals surface area contributed by atoms with Crippen LogP contribution in [0.3, 0.4) is 0 Å². The molecule has 154 valence electrons. The molecule has 4 rings (SSSR count). The lowest BCUT2D eigenvalue weighted by molar-refractivity contribution is -0.121. The maximum absolute atomic E-state index is 12.1. The first-order valence-electron chi connectivity index (χ1n) is 10.2. The Morgan fingerprint density at radius 2 is 1.87 bits per heavy atom. The van der Waals surface area contributed by atoms with Crippen molar-refractivity contribution in [2.45, 2.75) is 38.8 Å². The Morgan fingerprint density at radius 1 is 1.07 bits per heavy atom. The van der Waals surface area contributed by atoms with Gasteiger partial charge in [0.2, 0.25) is 17.6 Å². The van der Waals surface area contributed by atoms with E-state index in [9.17, 15) is 9.59 Å². The van der Waals surface area contributed by atoms with E-state index in [2.05, 4.69) is 20.7 Å². The summed E-state index contributed by atoms with van der Waals surface area (Å²) in [6, 6.07) is 17.4. The molecule has 0 aliphatic carbocycles. The third kappa shape index (κ3) is 4.89. The highest BCUT2D eigenvalue weighted by atomic mass is 16.2. The number of hydrogen-bond acceptors (Lipinski definition) is 5. The predicted octanol–water partition coefficient (Wildman–Crippen LogP) is 2.56. The SMILES string of the molecule is O=C(CCCn1nnc(-c2ccccc2)n1)NCc1ccc(N2CCCC2=O)cc1. The number of aryl methyl sites for hydroxylation is 1. The monoisotopic (exact) mass is 404 g/mol. The Morgan fingerprint density at radius 3 is 2.60 bits per heavy atom. The third-order valence-electron chi connectivity index (χ3n) is 5.06. The van der Waals surface area contributed by atoms with Crippen molar-refractivity contribution in [1.82, 2.24) is 25.5 Å². The maximum Gasteiger partial charge on any atom is 0.227 e. The molecule has 1 fully saturated rings. The van der Waals surface area contributed by atoms with Crippen molar-refractivity contribution in [3.8, 4) is 11.4 Å². The molecule has 2 aromatic carbocycles. The zero-order valence-electron chi connectivity index (χ0n) is 16.7. The number of nitrogens with zero attached hydrogens (tertiary/aromatic N) is 5. The van der Waals surface area contributed by atoms with Crippen LogP contribution in [0, 0.1) is 0 Å². The van der Waals surface area contributed by atoms with Gasteiger partial charge in [-0.3, -0.25) is 9.59 Å². The van der Waals surface area contributed by atoms with Crippen LogP contribution < -0.4 is 10.2 Å². The summed E-state index contributed by atoms with van der Waals surface area (Å²) in [5.41, 5.74) is 2.84. The van der Waals surface area contributed by atoms with Crippen molar-refractivity contribution in [2.24, 2.45) is 0 Å². The van der Waals surface area contributed by atoms with E-state index in [0.29, 0.717) is 38.2 Å². The number of carbonyl (C=O) groups excluding carboxylic acids is 2. The number of nitrogens with one attached hydrogen (secondary N) is 1. The van der Waals surface area contributed by atoms with Crippen molar-refractivity contribution in [3.05, 3.63) is 60.2 Å². The van der Waals surface area contributed by atoms with E-state index in [4.69, 9.17) is 0 Å². The molecule has 2 amide bonds. The molecule has 8 heteroatoms. The van der Waals surface area contributed by atoms with Crippen molar-refractivity contribution in [2.75, 3.05) is 11.4 Å². The van der Waals surface area contributed by atoms with Gasteiger partial charge >= 0.3 is 0 Å². The molecule has 0 unspecified atom stereocenters. The summed E-state index contributed by atoms with van der Waals surface area (Å²) in [6.07, 6.45) is 2.55. The lowest BCUT2D eigenvalue weighted by Gasteiger charge is -2.16. The summed E-state index contributed by atoms with van der Waals surface area (Å²) < 4.78 is 0. The molecule has 1 saturated heterocycles. The second-order valence-corrected chi connectivity index (χ2v) is 7.27. The zero-order chi connectivity index (χ0) is 20.8. The van der Waals surface area contributed by atoms with E-state index in [0.717, 1.165) is 29.8 Å². The first kappa shape index (κ1) is 19.8. The molecule has 0 saturated carbocycles. The fourth-order valence-electron chi connectivity index (χ4n) is 3.43. The Balaban J connectivity index is 1.19. The molecular weight excluding hydrogens is 380 g/mol. The van der Waals surface area contributed by atoms with Crippen molar-refractivity contribution in [1.29, 1.82) is 0 Å². The van der Waals surface area contributed by atoms with Crippen LogP contribution in [0.2, 0.25) is 0 Å². The van der Waals surface area contributed by atoms with Crippen LogP contribution in [0.5, 0.6) is 0 Å². The van der Waals surface area contributed by atoms with Crippen LogP contribution in [0.25, 0.3) is 11.4 Å². The van der Waals surface area contributed by atoms with E-state index < -0.39 is 0 Å². The molecular formula is C22H24N6O2. The van der Waals surface area contributed by atoms with Crippen molar-refractivity contribution >= 4 is 17.5 Å². The molecule has 1 aliphatic rings. The minimum Gasteiger partial charge on any atom is -0.352 e. The number of rotatable bonds is 8. The highest BCUT2D eigenvalue weighted by Gasteiger charge is 2.21. The second kappa shape index (κ2) is 9.30. The van der Waals surface area contributed by atoms with Gasteiger partial charge in [0.15, 0.2) is 0 Å². The number of hydrogen-bond donors (Lipinski definition) is 1. The van der Waals surface area contributed by atoms with Gasteiger partial charge < -0.3 is 10.2 Å². The van der Waals surface area contributed by atoms with E-state index in [1.165, 1.54) is 4.80 Å². The summed E-state index contributed by atoms with van der Waals surface area (Å²) in [5, 5.41) is 15.4. The van der Waals surface area contributed by atoms with E-state index >= 15 is 0 Å². The normalized spacial score (nSPS) is 13.6. The number of amides is 2. The molecule has 1 aliphatic heterocycles. The van der Waals surface area contributed by atoms with E-state index in [-0.39, 0.29) is 11.8 Å². The van der Waals surface area contributed by atoms with Crippen LogP contribution in [0.15, 0.2) is 54.6 Å². The van der Waals surface area contributed by atoms with Gasteiger partial charge in [-0.1, -0.05) is 42.5 Å². The quantitative estimate of drug-likeness (QED) is 0.623. The predicted molar refractivity (Wildman–Crippen MR) is 112 cm³/mol. The highest BCUT2D eigenvalue weighted by Crippen LogP contribution is 2.21. The zero-order valence-corrected chi connectivity index (χ0v) is 16.7. The minimum absolute atomic E-state index is 0.0165. The van der Waals surface area contributed by atoms with Gasteiger partial charge in [0, 0.05) is 37.2 Å². The first-order valence-corrected chi connectivity index (χ1v) is 10.2. The number of carbonyl (C=O) groups is 2. The largest absolute Gasteiger partial charge is 0.352 e. The average Bonchev–Trinajstić information content (AvgIpc) is 3.42. The van der Waals surface area contributed by atoms with Gasteiger partial charge in [-0.05, 0) is 35.8 Å². The van der Waals surface area contributed by atoms with Gasteiger partial charge in [-0.2, -0.15) is 4.80 Å². The standard InChI is InChI=1S/C22H24N6O2/c29-20(8-4-15-28-25-22(24-26-28)18-6-2-1-3-7-18)23-16-17-10-12-19(13-11-17)27-14-5-9-21(27)30/h1-3,6-7,10-13H,4-5,8-9,14-16H2,(H,23,29). The maximum atomic E-state index is 12.1. The number of aromatic nitrogens is 4. The molecule has 0 spiro atoms. The average molecular weight is 404 g/mol. The van der Waals surface area contributed by atoms with Crippen LogP contribution in [0.4, 0.5) is 5.69 Å². The smallest absolute Gasteiger partial charge is 0.227 e. The van der Waals surface area contributed by atoms with E-state index in [1.807, 2.05) is 59.5 Å². The second-order valence-electron chi connectivity index (χ2n) is 7.27. The first-order chi connectivity index (χ1) is 14.7. The number of anilines is 1. The van der Waals surface area contributed by atoms with Crippen LogP contribution >= 0.6 is 0 Å². The molecule has 8 nitrogen and oxygen atoms in total. The van der Waals surface area contributed by atoms with Crippen LogP contribution in [-0.4, -0.2) is 38.6 Å². The number of benzene rings is 2. The van der Waals surface area contributed by atoms with Crippen LogP contribution in [-0.2, 0) is 22.7 Å². The van der Waals surface area contributed by atoms with Gasteiger partial charge in [0.1, 0.15) is 0 Å². The lowest BCUT2D eigenvalue weighted by Crippen LogP contribution is -2.24. The fraction of sp³-hybridized carbons (Fsp3) is 0.318. The molecule has 2 heterocycles. The summed E-state index contributed by atoms with van der Waals surface area (Å²) in [6.45, 7) is 1.78. The van der Waals surface area contributed by atoms with E-state index in [1.54, 1.807) is 0 Å². The summed E-state index contributed by atoms with van der Waals surface area (Å²) >= 11 is 0. The Hall–Kier alpha value is -3.55. The molecule has 0 radical (unpaired) electrons. The summed E-state index contributed by atoms with van der Waals surface area (Å²) in [7, 11) is 0. The van der Waals surface area contributed by atoms with Crippen molar-refractivity contribution in [3.63, 3.8) is 0 Å². The lowest BCUT2D eigenvalue weighted by atomic mass is 10.2. The van der Waals surface area contributed by atoms with Gasteiger partial charge in [-0.15, -0.1) is 10.2 Å². The molecule has 0 bridgehead atoms. The molecule has 3 aromatic rings. The van der Waals surface area contributed by atoms with Crippen molar-refractivity contribution < 1.29 is 9.59 Å². The highest BCUT2D eigenvalue weighted by molar-refractivity contribution is 5.95. The van der Waals surface area contributed by atoms with Gasteiger partial charge in [0.05, 0.1) is 6.54 Å². The fourth-order valence-corrected chi connectivity index (χ4v) is 3.43. The topological polar surface area (TPSA) is 93.0 Å². The Labute approximate surface area is 174 Å². The summed E-state index contributed by atoms with van der Waals surface area (Å²) in [5.74, 6) is 0.741. The number of tetrazole rings is 1. The molecule has 1 aromatic heterocycles. The molecule has 0 atom stereocenters. The Bertz CT molecular complexity index is 1000. The van der Waals surface area contributed by atoms with Crippen LogP contribution in [0.1, 0.15) is 31.2 Å². The minimum atomic E-state index is -0.0165. The third-order valence-corrected chi connectivity index (χ3v) is 5.06. The molecule has 1 N–H and O–H groups in total.